The molecule has 4 nitrogen and oxygen atoms in total. The van der Waals surface area contributed by atoms with Gasteiger partial charge in [-0.05, 0) is 42.3 Å². The van der Waals surface area contributed by atoms with Gasteiger partial charge in [-0.3, -0.25) is 4.79 Å². The zero-order chi connectivity index (χ0) is 14.5. The van der Waals surface area contributed by atoms with Crippen molar-refractivity contribution < 1.29 is 9.90 Å². The highest BCUT2D eigenvalue weighted by Gasteiger charge is 2.07. The molecule has 0 spiro atoms. The molecule has 0 atom stereocenters. The third kappa shape index (κ3) is 3.29. The number of phenols is 1. The summed E-state index contributed by atoms with van der Waals surface area (Å²) in [6.45, 7) is 2.31. The molecule has 2 aromatic carbocycles. The molecule has 2 rings (SSSR count). The van der Waals surface area contributed by atoms with E-state index in [2.05, 4.69) is 12.2 Å². The molecule has 0 unspecified atom stereocenters. The summed E-state index contributed by atoms with van der Waals surface area (Å²) >= 11 is 0. The van der Waals surface area contributed by atoms with Crippen LogP contribution in [0.3, 0.4) is 0 Å². The van der Waals surface area contributed by atoms with Crippen LogP contribution in [0, 0.1) is 0 Å². The summed E-state index contributed by atoms with van der Waals surface area (Å²) in [5, 5.41) is 12.4. The normalized spacial score (nSPS) is 10.2. The molecule has 0 heterocycles. The zero-order valence-electron chi connectivity index (χ0n) is 11.4. The van der Waals surface area contributed by atoms with Crippen molar-refractivity contribution in [1.29, 1.82) is 0 Å². The Morgan fingerprint density at radius 2 is 1.90 bits per heavy atom. The van der Waals surface area contributed by atoms with Gasteiger partial charge in [0.25, 0.3) is 5.91 Å². The van der Waals surface area contributed by atoms with Crippen molar-refractivity contribution in [1.82, 2.24) is 5.32 Å². The fourth-order valence-electron chi connectivity index (χ4n) is 1.92. The third-order valence-electron chi connectivity index (χ3n) is 3.17. The number of hydrogen-bond acceptors (Lipinski definition) is 3. The van der Waals surface area contributed by atoms with Crippen LogP contribution in [0.4, 0.5) is 5.69 Å². The lowest BCUT2D eigenvalue weighted by Gasteiger charge is -2.08. The Morgan fingerprint density at radius 1 is 1.20 bits per heavy atom. The second-order valence-corrected chi connectivity index (χ2v) is 4.62. The molecule has 20 heavy (non-hydrogen) atoms. The van der Waals surface area contributed by atoms with Gasteiger partial charge in [-0.1, -0.05) is 19.1 Å². The van der Waals surface area contributed by atoms with E-state index in [0.29, 0.717) is 16.8 Å². The minimum atomic E-state index is -0.172. The van der Waals surface area contributed by atoms with E-state index in [4.69, 9.17) is 5.73 Å². The summed E-state index contributed by atoms with van der Waals surface area (Å²) in [4.78, 5) is 12.0. The molecule has 104 valence electrons. The molecule has 4 N–H and O–H groups in total. The van der Waals surface area contributed by atoms with Crippen molar-refractivity contribution in [3.05, 3.63) is 59.2 Å². The van der Waals surface area contributed by atoms with Crippen LogP contribution in [0.15, 0.2) is 42.5 Å². The van der Waals surface area contributed by atoms with Crippen molar-refractivity contribution in [3.8, 4) is 5.75 Å². The summed E-state index contributed by atoms with van der Waals surface area (Å²) < 4.78 is 0. The number of carbonyl (C=O) groups excluding carboxylic acids is 1. The van der Waals surface area contributed by atoms with Gasteiger partial charge in [0, 0.05) is 23.4 Å². The van der Waals surface area contributed by atoms with Gasteiger partial charge in [-0.2, -0.15) is 0 Å². The van der Waals surface area contributed by atoms with Gasteiger partial charge in [0.1, 0.15) is 5.75 Å². The number of nitrogens with one attached hydrogen (secondary N) is 1. The molecule has 0 aliphatic heterocycles. The lowest BCUT2D eigenvalue weighted by molar-refractivity contribution is 0.0950. The van der Waals surface area contributed by atoms with E-state index in [1.165, 1.54) is 11.6 Å². The molecule has 0 saturated carbocycles. The summed E-state index contributed by atoms with van der Waals surface area (Å²) in [6, 6.07) is 12.3. The molecule has 0 aliphatic carbocycles. The van der Waals surface area contributed by atoms with E-state index in [9.17, 15) is 9.90 Å². The number of nitrogen functional groups attached to an aromatic ring is 1. The molecule has 4 heteroatoms. The number of hydrogen-bond donors (Lipinski definition) is 3. The Bertz CT molecular complexity index is 606. The maximum atomic E-state index is 12.0. The van der Waals surface area contributed by atoms with Crippen LogP contribution < -0.4 is 11.1 Å². The van der Waals surface area contributed by atoms with Crippen molar-refractivity contribution in [2.45, 2.75) is 19.9 Å². The molecule has 1 amide bonds. The number of phenolic OH excluding ortho intramolecular Hbond substituents is 1. The number of carbonyl (C=O) groups is 1. The first-order valence-corrected chi connectivity index (χ1v) is 6.54. The van der Waals surface area contributed by atoms with Crippen molar-refractivity contribution in [2.75, 3.05) is 5.73 Å². The lowest BCUT2D eigenvalue weighted by Crippen LogP contribution is -2.22. The van der Waals surface area contributed by atoms with Crippen LogP contribution in [0.5, 0.6) is 5.75 Å². The number of nitrogens with two attached hydrogens (primary N) is 1. The second-order valence-electron chi connectivity index (χ2n) is 4.62. The highest BCUT2D eigenvalue weighted by Crippen LogP contribution is 2.19. The summed E-state index contributed by atoms with van der Waals surface area (Å²) in [5.41, 5.74) is 8.60. The zero-order valence-corrected chi connectivity index (χ0v) is 11.4. The molecule has 0 saturated heterocycles. The van der Waals surface area contributed by atoms with E-state index in [1.54, 1.807) is 24.3 Å². The third-order valence-corrected chi connectivity index (χ3v) is 3.17. The van der Waals surface area contributed by atoms with E-state index in [1.807, 2.05) is 12.1 Å². The first-order chi connectivity index (χ1) is 9.60. The van der Waals surface area contributed by atoms with Gasteiger partial charge in [0.2, 0.25) is 0 Å². The van der Waals surface area contributed by atoms with Crippen LogP contribution in [0.2, 0.25) is 0 Å². The van der Waals surface area contributed by atoms with Gasteiger partial charge in [-0.25, -0.2) is 0 Å². The number of aromatic hydroxyl groups is 1. The Kier molecular flexibility index (Phi) is 4.25. The summed E-state index contributed by atoms with van der Waals surface area (Å²) in [6.07, 6.45) is 0.944. The van der Waals surface area contributed by atoms with Gasteiger partial charge in [-0.15, -0.1) is 0 Å². The Morgan fingerprint density at radius 3 is 2.55 bits per heavy atom. The van der Waals surface area contributed by atoms with Crippen LogP contribution in [0.25, 0.3) is 0 Å². The molecule has 0 bridgehead atoms. The summed E-state index contributed by atoms with van der Waals surface area (Å²) in [7, 11) is 0. The standard InChI is InChI=1S/C16H18N2O2/c1-2-11-3-5-12(6-4-11)16(20)18-10-13-9-14(17)7-8-15(13)19/h3-9,19H,2,10,17H2,1H3,(H,18,20). The molecule has 0 radical (unpaired) electrons. The van der Waals surface area contributed by atoms with Crippen molar-refractivity contribution >= 4 is 11.6 Å². The molecule has 0 fully saturated rings. The average Bonchev–Trinajstić information content (AvgIpc) is 2.48. The fraction of sp³-hybridized carbons (Fsp3) is 0.188. The SMILES string of the molecule is CCc1ccc(C(=O)NCc2cc(N)ccc2O)cc1. The average molecular weight is 270 g/mol. The first kappa shape index (κ1) is 13.9. The van der Waals surface area contributed by atoms with Crippen LogP contribution >= 0.6 is 0 Å². The number of aryl methyl sites for hydroxylation is 1. The van der Waals surface area contributed by atoms with E-state index >= 15 is 0 Å². The molecule has 0 aromatic heterocycles. The second kappa shape index (κ2) is 6.10. The maximum Gasteiger partial charge on any atom is 0.251 e. The Hall–Kier alpha value is -2.49. The molecular formula is C16H18N2O2. The van der Waals surface area contributed by atoms with Crippen LogP contribution in [-0.2, 0) is 13.0 Å². The van der Waals surface area contributed by atoms with Gasteiger partial charge in [0.05, 0.1) is 0 Å². The highest BCUT2D eigenvalue weighted by atomic mass is 16.3. The van der Waals surface area contributed by atoms with Crippen molar-refractivity contribution in [3.63, 3.8) is 0 Å². The molecule has 0 aliphatic rings. The minimum absolute atomic E-state index is 0.126. The maximum absolute atomic E-state index is 12.0. The van der Waals surface area contributed by atoms with Gasteiger partial charge in [0.15, 0.2) is 0 Å². The number of anilines is 1. The Labute approximate surface area is 118 Å². The first-order valence-electron chi connectivity index (χ1n) is 6.54. The summed E-state index contributed by atoms with van der Waals surface area (Å²) in [5.74, 6) is -0.0460. The number of benzene rings is 2. The van der Waals surface area contributed by atoms with Gasteiger partial charge < -0.3 is 16.2 Å². The highest BCUT2D eigenvalue weighted by molar-refractivity contribution is 5.94. The van der Waals surface area contributed by atoms with Crippen LogP contribution in [-0.4, -0.2) is 11.0 Å². The predicted molar refractivity (Wildman–Crippen MR) is 79.5 cm³/mol. The quantitative estimate of drug-likeness (QED) is 0.590. The smallest absolute Gasteiger partial charge is 0.251 e. The predicted octanol–water partition coefficient (Wildman–Crippen LogP) is 2.47. The monoisotopic (exact) mass is 270 g/mol. The Balaban J connectivity index is 2.02. The molecule has 2 aromatic rings. The van der Waals surface area contributed by atoms with Gasteiger partial charge >= 0.3 is 0 Å². The van der Waals surface area contributed by atoms with E-state index in [-0.39, 0.29) is 18.2 Å². The largest absolute Gasteiger partial charge is 0.508 e. The van der Waals surface area contributed by atoms with E-state index < -0.39 is 0 Å². The van der Waals surface area contributed by atoms with E-state index in [0.717, 1.165) is 6.42 Å². The molecular weight excluding hydrogens is 252 g/mol. The van der Waals surface area contributed by atoms with Crippen LogP contribution in [0.1, 0.15) is 28.4 Å². The minimum Gasteiger partial charge on any atom is -0.508 e. The topological polar surface area (TPSA) is 75.4 Å². The number of rotatable bonds is 4. The lowest BCUT2D eigenvalue weighted by atomic mass is 10.1. The number of amides is 1. The van der Waals surface area contributed by atoms with Crippen molar-refractivity contribution in [2.24, 2.45) is 0 Å². The fourth-order valence-corrected chi connectivity index (χ4v) is 1.92.